The summed E-state index contributed by atoms with van der Waals surface area (Å²) in [7, 11) is 1.53. The first-order valence-electron chi connectivity index (χ1n) is 4.02. The number of aromatic nitrogens is 1. The minimum Gasteiger partial charge on any atom is -0.389 e. The van der Waals surface area contributed by atoms with E-state index in [2.05, 4.69) is 10.3 Å². The van der Waals surface area contributed by atoms with E-state index in [9.17, 15) is 9.90 Å². The van der Waals surface area contributed by atoms with Gasteiger partial charge in [-0.25, -0.2) is 0 Å². The first-order valence-corrected chi connectivity index (χ1v) is 4.02. The molecule has 0 bridgehead atoms. The van der Waals surface area contributed by atoms with Crippen molar-refractivity contribution in [3.63, 3.8) is 0 Å². The van der Waals surface area contributed by atoms with Crippen LogP contribution in [0.1, 0.15) is 29.1 Å². The van der Waals surface area contributed by atoms with Crippen LogP contribution in [-0.4, -0.2) is 23.0 Å². The fraction of sp³-hybridized carbons (Fsp3) is 0.333. The quantitative estimate of drug-likeness (QED) is 0.696. The number of nitrogens with zero attached hydrogens (tertiary/aromatic N) is 1. The topological polar surface area (TPSA) is 62.2 Å². The van der Waals surface area contributed by atoms with E-state index >= 15 is 0 Å². The van der Waals surface area contributed by atoms with Crippen LogP contribution >= 0.6 is 0 Å². The third-order valence-electron chi connectivity index (χ3n) is 1.73. The van der Waals surface area contributed by atoms with Crippen LogP contribution in [0.3, 0.4) is 0 Å². The summed E-state index contributed by atoms with van der Waals surface area (Å²) >= 11 is 0. The lowest BCUT2D eigenvalue weighted by Crippen LogP contribution is -2.21. The van der Waals surface area contributed by atoms with Gasteiger partial charge in [0.25, 0.3) is 5.91 Å². The highest BCUT2D eigenvalue weighted by Gasteiger charge is 2.13. The minimum atomic E-state index is -0.680. The molecule has 1 atom stereocenters. The average molecular weight is 180 g/mol. The Kier molecular flexibility index (Phi) is 2.97. The maximum atomic E-state index is 11.3. The highest BCUT2D eigenvalue weighted by atomic mass is 16.3. The van der Waals surface area contributed by atoms with E-state index in [1.54, 1.807) is 19.1 Å². The van der Waals surface area contributed by atoms with Gasteiger partial charge in [-0.05, 0) is 13.0 Å². The highest BCUT2D eigenvalue weighted by Crippen LogP contribution is 2.14. The zero-order chi connectivity index (χ0) is 9.84. The average Bonchev–Trinajstić information content (AvgIpc) is 2.16. The summed E-state index contributed by atoms with van der Waals surface area (Å²) in [6.45, 7) is 1.60. The molecule has 0 spiro atoms. The van der Waals surface area contributed by atoms with Gasteiger partial charge < -0.3 is 10.4 Å². The van der Waals surface area contributed by atoms with Gasteiger partial charge in [0.1, 0.15) is 5.69 Å². The minimum absolute atomic E-state index is 0.278. The van der Waals surface area contributed by atoms with Gasteiger partial charge in [0.2, 0.25) is 0 Å². The number of aliphatic hydroxyl groups is 1. The molecule has 0 aliphatic heterocycles. The lowest BCUT2D eigenvalue weighted by atomic mass is 10.1. The number of carbonyl (C=O) groups excluding carboxylic acids is 1. The standard InChI is InChI=1S/C9H12N2O2/c1-6(12)7-4-3-5-11-8(7)9(13)10-2/h3-6,12H,1-2H3,(H,10,13). The molecule has 0 aliphatic rings. The summed E-state index contributed by atoms with van der Waals surface area (Å²) in [6.07, 6.45) is 0.845. The van der Waals surface area contributed by atoms with Crippen LogP contribution in [0.25, 0.3) is 0 Å². The van der Waals surface area contributed by atoms with Crippen molar-refractivity contribution >= 4 is 5.91 Å². The molecule has 70 valence electrons. The smallest absolute Gasteiger partial charge is 0.270 e. The molecule has 0 aromatic carbocycles. The molecule has 1 aromatic heterocycles. The van der Waals surface area contributed by atoms with Crippen molar-refractivity contribution in [1.29, 1.82) is 0 Å². The van der Waals surface area contributed by atoms with Crippen LogP contribution in [0.15, 0.2) is 18.3 Å². The van der Waals surface area contributed by atoms with E-state index in [1.165, 1.54) is 13.2 Å². The molecule has 13 heavy (non-hydrogen) atoms. The number of hydrogen-bond donors (Lipinski definition) is 2. The molecule has 0 fully saturated rings. The number of pyridine rings is 1. The molecule has 1 rings (SSSR count). The van der Waals surface area contributed by atoms with E-state index in [1.807, 2.05) is 0 Å². The molecule has 4 nitrogen and oxygen atoms in total. The summed E-state index contributed by atoms with van der Waals surface area (Å²) in [5.74, 6) is -0.281. The second-order valence-electron chi connectivity index (χ2n) is 2.70. The molecular formula is C9H12N2O2. The van der Waals surface area contributed by atoms with Crippen LogP contribution in [0.2, 0.25) is 0 Å². The molecular weight excluding hydrogens is 168 g/mol. The predicted molar refractivity (Wildman–Crippen MR) is 48.3 cm³/mol. The largest absolute Gasteiger partial charge is 0.389 e. The molecule has 1 unspecified atom stereocenters. The van der Waals surface area contributed by atoms with Gasteiger partial charge in [0, 0.05) is 18.8 Å². The third kappa shape index (κ3) is 2.03. The molecule has 4 heteroatoms. The Balaban J connectivity index is 3.12. The molecule has 1 aromatic rings. The zero-order valence-electron chi connectivity index (χ0n) is 7.61. The van der Waals surface area contributed by atoms with Crippen molar-refractivity contribution in [1.82, 2.24) is 10.3 Å². The lowest BCUT2D eigenvalue weighted by molar-refractivity contribution is 0.0951. The van der Waals surface area contributed by atoms with Gasteiger partial charge in [0.15, 0.2) is 0 Å². The molecule has 1 amide bonds. The summed E-state index contributed by atoms with van der Waals surface area (Å²) in [5, 5.41) is 11.8. The van der Waals surface area contributed by atoms with E-state index in [-0.39, 0.29) is 11.6 Å². The summed E-state index contributed by atoms with van der Waals surface area (Å²) in [6, 6.07) is 3.37. The van der Waals surface area contributed by atoms with Crippen LogP contribution in [-0.2, 0) is 0 Å². The van der Waals surface area contributed by atoms with E-state index in [0.29, 0.717) is 5.56 Å². The summed E-state index contributed by atoms with van der Waals surface area (Å²) in [4.78, 5) is 15.2. The van der Waals surface area contributed by atoms with Crippen molar-refractivity contribution in [2.75, 3.05) is 7.05 Å². The number of amides is 1. The van der Waals surface area contributed by atoms with Gasteiger partial charge in [-0.15, -0.1) is 0 Å². The Bertz CT molecular complexity index is 310. The molecule has 0 saturated carbocycles. The van der Waals surface area contributed by atoms with Crippen molar-refractivity contribution < 1.29 is 9.90 Å². The first kappa shape index (κ1) is 9.67. The van der Waals surface area contributed by atoms with Gasteiger partial charge in [0.05, 0.1) is 6.10 Å². The highest BCUT2D eigenvalue weighted by molar-refractivity contribution is 5.93. The van der Waals surface area contributed by atoms with Crippen LogP contribution in [0, 0.1) is 0 Å². The maximum Gasteiger partial charge on any atom is 0.270 e. The fourth-order valence-electron chi connectivity index (χ4n) is 1.06. The normalized spacial score (nSPS) is 12.2. The SMILES string of the molecule is CNC(=O)c1ncccc1C(C)O. The molecule has 2 N–H and O–H groups in total. The van der Waals surface area contributed by atoms with Crippen LogP contribution in [0.4, 0.5) is 0 Å². The van der Waals surface area contributed by atoms with Gasteiger partial charge in [-0.1, -0.05) is 6.07 Å². The maximum absolute atomic E-state index is 11.3. The van der Waals surface area contributed by atoms with Gasteiger partial charge in [-0.3, -0.25) is 9.78 Å². The molecule has 1 heterocycles. The molecule has 0 radical (unpaired) electrons. The number of rotatable bonds is 2. The Labute approximate surface area is 76.6 Å². The number of aliphatic hydroxyl groups excluding tert-OH is 1. The Morgan fingerprint density at radius 1 is 1.69 bits per heavy atom. The van der Waals surface area contributed by atoms with E-state index in [0.717, 1.165) is 0 Å². The Morgan fingerprint density at radius 3 is 2.92 bits per heavy atom. The Hall–Kier alpha value is -1.42. The summed E-state index contributed by atoms with van der Waals surface area (Å²) < 4.78 is 0. The first-order chi connectivity index (χ1) is 6.16. The number of nitrogens with one attached hydrogen (secondary N) is 1. The molecule has 0 saturated heterocycles. The van der Waals surface area contributed by atoms with Crippen molar-refractivity contribution in [3.8, 4) is 0 Å². The Morgan fingerprint density at radius 2 is 2.38 bits per heavy atom. The number of hydrogen-bond acceptors (Lipinski definition) is 3. The lowest BCUT2D eigenvalue weighted by Gasteiger charge is -2.08. The van der Waals surface area contributed by atoms with E-state index < -0.39 is 6.10 Å². The summed E-state index contributed by atoms with van der Waals surface area (Å²) in [5.41, 5.74) is 0.821. The zero-order valence-corrected chi connectivity index (χ0v) is 7.61. The third-order valence-corrected chi connectivity index (χ3v) is 1.73. The van der Waals surface area contributed by atoms with Crippen LogP contribution in [0.5, 0.6) is 0 Å². The van der Waals surface area contributed by atoms with Crippen molar-refractivity contribution in [2.45, 2.75) is 13.0 Å². The monoisotopic (exact) mass is 180 g/mol. The van der Waals surface area contributed by atoms with Crippen molar-refractivity contribution in [3.05, 3.63) is 29.6 Å². The van der Waals surface area contributed by atoms with Gasteiger partial charge in [-0.2, -0.15) is 0 Å². The number of carbonyl (C=O) groups is 1. The second-order valence-corrected chi connectivity index (χ2v) is 2.70. The molecule has 0 aliphatic carbocycles. The van der Waals surface area contributed by atoms with Gasteiger partial charge >= 0.3 is 0 Å². The van der Waals surface area contributed by atoms with Crippen LogP contribution < -0.4 is 5.32 Å². The van der Waals surface area contributed by atoms with E-state index in [4.69, 9.17) is 0 Å². The second kappa shape index (κ2) is 4.00. The fourth-order valence-corrected chi connectivity index (χ4v) is 1.06. The van der Waals surface area contributed by atoms with Crippen molar-refractivity contribution in [2.24, 2.45) is 0 Å². The predicted octanol–water partition coefficient (Wildman–Crippen LogP) is 0.494.